The summed E-state index contributed by atoms with van der Waals surface area (Å²) in [5, 5.41) is 0. The molecule has 0 rings (SSSR count). The second-order valence-electron chi connectivity index (χ2n) is 1.34. The van der Waals surface area contributed by atoms with Crippen molar-refractivity contribution in [3.8, 4) is 0 Å². The minimum atomic E-state index is 1.75. The van der Waals surface area contributed by atoms with Gasteiger partial charge in [-0.1, -0.05) is 95.2 Å². The predicted molar refractivity (Wildman–Crippen MR) is 124 cm³/mol. The summed E-state index contributed by atoms with van der Waals surface area (Å²) in [6, 6.07) is 0. The van der Waals surface area contributed by atoms with Crippen LogP contribution < -0.4 is 0 Å². The normalized spacial score (nSPS) is 5.35. The lowest BCUT2D eigenvalue weighted by atomic mass is 10.6. The van der Waals surface area contributed by atoms with Crippen LogP contribution in [0.25, 0.3) is 0 Å². The van der Waals surface area contributed by atoms with Gasteiger partial charge >= 0.3 is 0 Å². The predicted octanol–water partition coefficient (Wildman–Crippen LogP) is 9.41. The lowest BCUT2D eigenvalue weighted by Crippen LogP contribution is -1.56. The molecule has 1 nitrogen and oxygen atoms in total. The molecule has 0 atom stereocenters. The van der Waals surface area contributed by atoms with Crippen LogP contribution in [-0.4, -0.2) is 13.3 Å². The quantitative estimate of drug-likeness (QED) is 0.334. The molecule has 0 N–H and O–H groups in total. The van der Waals surface area contributed by atoms with Gasteiger partial charge in [-0.2, -0.15) is 0 Å². The summed E-state index contributed by atoms with van der Waals surface area (Å²) in [6.45, 7) is 37.2. The van der Waals surface area contributed by atoms with E-state index in [1.807, 2.05) is 109 Å². The van der Waals surface area contributed by atoms with Gasteiger partial charge in [-0.15, -0.1) is 19.7 Å². The van der Waals surface area contributed by atoms with Crippen LogP contribution in [0.15, 0.2) is 43.0 Å². The van der Waals surface area contributed by atoms with Gasteiger partial charge in [0.25, 0.3) is 0 Å². The summed E-state index contributed by atoms with van der Waals surface area (Å²) >= 11 is 0. The molecule has 0 amide bonds. The van der Waals surface area contributed by atoms with Gasteiger partial charge in [-0.05, 0) is 19.9 Å². The molecule has 0 spiro atoms. The number of hydrogen-bond acceptors (Lipinski definition) is 1. The van der Waals surface area contributed by atoms with Crippen molar-refractivity contribution < 1.29 is 0 Å². The SMILES string of the molecule is C/C=C\C=NC.C=C.C=CC.CC.CC.CC.CC.CC.CC. The zero-order valence-corrected chi connectivity index (χ0v) is 19.9. The molecule has 0 aliphatic carbocycles. The zero-order chi connectivity index (χ0) is 21.5. The Morgan fingerprint density at radius 1 is 0.609 bits per heavy atom. The van der Waals surface area contributed by atoms with Gasteiger partial charge in [-0.25, -0.2) is 0 Å². The fourth-order valence-corrected chi connectivity index (χ4v) is 0.172. The van der Waals surface area contributed by atoms with Crippen molar-refractivity contribution in [1.82, 2.24) is 0 Å². The van der Waals surface area contributed by atoms with Crippen LogP contribution in [0.4, 0.5) is 0 Å². The van der Waals surface area contributed by atoms with Crippen molar-refractivity contribution in [1.29, 1.82) is 0 Å². The van der Waals surface area contributed by atoms with Gasteiger partial charge in [0.05, 0.1) is 0 Å². The Hall–Kier alpha value is -1.11. The average molecular weight is 334 g/mol. The monoisotopic (exact) mass is 333 g/mol. The molecule has 0 bridgehead atoms. The van der Waals surface area contributed by atoms with Gasteiger partial charge in [0.15, 0.2) is 0 Å². The average Bonchev–Trinajstić information content (AvgIpc) is 2.72. The first-order chi connectivity index (χ1) is 11.3. The van der Waals surface area contributed by atoms with Gasteiger partial charge in [0.2, 0.25) is 0 Å². The Labute approximate surface area is 153 Å². The van der Waals surface area contributed by atoms with Gasteiger partial charge in [0.1, 0.15) is 0 Å². The number of rotatable bonds is 1. The first kappa shape index (κ1) is 57.5. The number of hydrogen-bond donors (Lipinski definition) is 0. The summed E-state index contributed by atoms with van der Waals surface area (Å²) in [5.74, 6) is 0. The highest BCUT2D eigenvalue weighted by atomic mass is 14.6. The summed E-state index contributed by atoms with van der Waals surface area (Å²) in [4.78, 5) is 3.71. The third-order valence-corrected chi connectivity index (χ3v) is 0.428. The summed E-state index contributed by atoms with van der Waals surface area (Å²) in [7, 11) is 1.75. The first-order valence-electron chi connectivity index (χ1n) is 9.44. The maximum atomic E-state index is 3.71. The maximum Gasteiger partial charge on any atom is 0.0277 e. The molecule has 23 heavy (non-hydrogen) atoms. The molecule has 0 fully saturated rings. The second kappa shape index (κ2) is 546. The van der Waals surface area contributed by atoms with Gasteiger partial charge in [-0.3, -0.25) is 4.99 Å². The van der Waals surface area contributed by atoms with E-state index in [0.29, 0.717) is 0 Å². The third-order valence-electron chi connectivity index (χ3n) is 0.428. The van der Waals surface area contributed by atoms with E-state index in [1.54, 1.807) is 19.3 Å². The van der Waals surface area contributed by atoms with Crippen molar-refractivity contribution in [2.24, 2.45) is 4.99 Å². The summed E-state index contributed by atoms with van der Waals surface area (Å²) in [6.07, 6.45) is 7.33. The van der Waals surface area contributed by atoms with Crippen LogP contribution in [0.5, 0.6) is 0 Å². The number of aliphatic imine (C=N–C) groups is 1. The third kappa shape index (κ3) is 2090. The van der Waals surface area contributed by atoms with Crippen LogP contribution in [0.2, 0.25) is 0 Å². The Morgan fingerprint density at radius 2 is 0.783 bits per heavy atom. The molecule has 0 aliphatic heterocycles. The molecule has 1 heteroatoms. The van der Waals surface area contributed by atoms with Crippen molar-refractivity contribution in [3.63, 3.8) is 0 Å². The molecule has 0 aliphatic rings. The van der Waals surface area contributed by atoms with Crippen LogP contribution in [0.1, 0.15) is 96.9 Å². The molecule has 0 aromatic heterocycles. The molecule has 0 heterocycles. The molecule has 0 aromatic rings. The highest BCUT2D eigenvalue weighted by molar-refractivity contribution is 5.70. The van der Waals surface area contributed by atoms with E-state index >= 15 is 0 Å². The fraction of sp³-hybridized carbons (Fsp3) is 0.682. The largest absolute Gasteiger partial charge is 0.297 e. The van der Waals surface area contributed by atoms with Crippen LogP contribution >= 0.6 is 0 Å². The molecule has 0 aromatic carbocycles. The molecular weight excluding hydrogens is 278 g/mol. The van der Waals surface area contributed by atoms with Crippen molar-refractivity contribution >= 4 is 6.21 Å². The maximum absolute atomic E-state index is 3.71. The summed E-state index contributed by atoms with van der Waals surface area (Å²) < 4.78 is 0. The van der Waals surface area contributed by atoms with Gasteiger partial charge < -0.3 is 0 Å². The molecule has 148 valence electrons. The van der Waals surface area contributed by atoms with Crippen molar-refractivity contribution in [2.75, 3.05) is 7.05 Å². The van der Waals surface area contributed by atoms with Gasteiger partial charge in [0, 0.05) is 13.3 Å². The topological polar surface area (TPSA) is 12.4 Å². The lowest BCUT2D eigenvalue weighted by molar-refractivity contribution is 1.47. The molecular formula is C22H55N. The molecule has 0 radical (unpaired) electrons. The second-order valence-corrected chi connectivity index (χ2v) is 1.34. The van der Waals surface area contributed by atoms with Crippen LogP contribution in [-0.2, 0) is 0 Å². The van der Waals surface area contributed by atoms with E-state index < -0.39 is 0 Å². The Bertz CT molecular complexity index is 92.5. The highest BCUT2D eigenvalue weighted by Gasteiger charge is 1.49. The molecule has 0 saturated carbocycles. The molecule has 0 saturated heterocycles. The van der Waals surface area contributed by atoms with Crippen LogP contribution in [0, 0.1) is 0 Å². The standard InChI is InChI=1S/C5H9N.C3H6.6C2H6.C2H4/c1-3-4-5-6-2;1-3-2;7*1-2/h3-5H,1-2H3;3H,1H2,2H3;6*1-2H3;1-2H2/b4-3-,6-5?;;;;;;;;. The van der Waals surface area contributed by atoms with E-state index in [2.05, 4.69) is 24.7 Å². The molecule has 0 unspecified atom stereocenters. The van der Waals surface area contributed by atoms with Crippen molar-refractivity contribution in [3.05, 3.63) is 38.0 Å². The number of allylic oxidation sites excluding steroid dienone is 3. The minimum Gasteiger partial charge on any atom is -0.297 e. The van der Waals surface area contributed by atoms with E-state index in [0.717, 1.165) is 0 Å². The summed E-state index contributed by atoms with van der Waals surface area (Å²) in [5.41, 5.74) is 0. The van der Waals surface area contributed by atoms with Crippen molar-refractivity contribution in [2.45, 2.75) is 96.9 Å². The Morgan fingerprint density at radius 3 is 0.826 bits per heavy atom. The fourth-order valence-electron chi connectivity index (χ4n) is 0.172. The van der Waals surface area contributed by atoms with Crippen LogP contribution in [0.3, 0.4) is 0 Å². The smallest absolute Gasteiger partial charge is 0.0277 e. The zero-order valence-electron chi connectivity index (χ0n) is 19.9. The minimum absolute atomic E-state index is 1.75. The number of nitrogens with zero attached hydrogens (tertiary/aromatic N) is 1. The lowest BCUT2D eigenvalue weighted by Gasteiger charge is -1.63. The van der Waals surface area contributed by atoms with E-state index in [1.165, 1.54) is 0 Å². The Kier molecular flexibility index (Phi) is 1370. The van der Waals surface area contributed by atoms with E-state index in [-0.39, 0.29) is 0 Å². The van der Waals surface area contributed by atoms with E-state index in [9.17, 15) is 0 Å². The van der Waals surface area contributed by atoms with E-state index in [4.69, 9.17) is 0 Å². The highest BCUT2D eigenvalue weighted by Crippen LogP contribution is 1.60. The Balaban J connectivity index is -0.0000000145. The first-order valence-corrected chi connectivity index (χ1v) is 9.44.